The van der Waals surface area contributed by atoms with Gasteiger partial charge in [-0.15, -0.1) is 0 Å². The van der Waals surface area contributed by atoms with Crippen LogP contribution in [-0.2, 0) is 6.42 Å². The van der Waals surface area contributed by atoms with Gasteiger partial charge in [0, 0.05) is 32.6 Å². The third-order valence-corrected chi connectivity index (χ3v) is 3.71. The minimum absolute atomic E-state index is 0.205. The van der Waals surface area contributed by atoms with E-state index in [1.807, 2.05) is 0 Å². The van der Waals surface area contributed by atoms with Crippen LogP contribution in [0.5, 0.6) is 0 Å². The number of nitrogens with two attached hydrogens (primary N) is 1. The Hall–Kier alpha value is -0.420. The topological polar surface area (TPSA) is 41.3 Å². The lowest BCUT2D eigenvalue weighted by Crippen LogP contribution is -2.60. The van der Waals surface area contributed by atoms with Crippen molar-refractivity contribution >= 4 is 11.3 Å². The highest BCUT2D eigenvalue weighted by atomic mass is 32.1. The van der Waals surface area contributed by atoms with E-state index in [1.165, 1.54) is 5.56 Å². The zero-order chi connectivity index (χ0) is 10.7. The van der Waals surface area contributed by atoms with Gasteiger partial charge in [0.15, 0.2) is 0 Å². The molecule has 2 heterocycles. The normalized spacial score (nSPS) is 22.5. The fraction of sp³-hybridized carbons (Fsp3) is 0.636. The first kappa shape index (κ1) is 11.1. The van der Waals surface area contributed by atoms with E-state index < -0.39 is 0 Å². The second kappa shape index (κ2) is 4.61. The van der Waals surface area contributed by atoms with E-state index in [0.717, 1.165) is 32.6 Å². The van der Waals surface area contributed by atoms with E-state index in [1.54, 1.807) is 11.3 Å². The van der Waals surface area contributed by atoms with Crippen LogP contribution in [0.2, 0.25) is 0 Å². The molecule has 0 radical (unpaired) electrons. The number of hydrogen-bond acceptors (Lipinski definition) is 4. The van der Waals surface area contributed by atoms with Crippen LogP contribution in [0.15, 0.2) is 16.8 Å². The molecule has 1 fully saturated rings. The summed E-state index contributed by atoms with van der Waals surface area (Å²) in [5, 5.41) is 7.65. The van der Waals surface area contributed by atoms with Crippen LogP contribution < -0.4 is 11.1 Å². The van der Waals surface area contributed by atoms with Crippen molar-refractivity contribution in [3.63, 3.8) is 0 Å². The first-order chi connectivity index (χ1) is 7.18. The number of rotatable bonds is 3. The summed E-state index contributed by atoms with van der Waals surface area (Å²) in [6.07, 6.45) is 0.941. The summed E-state index contributed by atoms with van der Waals surface area (Å²) in [5.74, 6) is 0. The SMILES string of the molecule is CC(N)(Cc1ccsc1)N1CCNCC1. The van der Waals surface area contributed by atoms with Gasteiger partial charge in [0.25, 0.3) is 0 Å². The Balaban J connectivity index is 1.98. The maximum atomic E-state index is 6.39. The molecule has 0 amide bonds. The van der Waals surface area contributed by atoms with Crippen molar-refractivity contribution in [1.29, 1.82) is 0 Å². The Labute approximate surface area is 95.3 Å². The van der Waals surface area contributed by atoms with E-state index in [9.17, 15) is 0 Å². The van der Waals surface area contributed by atoms with Gasteiger partial charge in [-0.2, -0.15) is 11.3 Å². The Bertz CT molecular complexity index is 289. The molecule has 0 spiro atoms. The summed E-state index contributed by atoms with van der Waals surface area (Å²) in [5.41, 5.74) is 7.53. The van der Waals surface area contributed by atoms with Gasteiger partial charge in [-0.25, -0.2) is 0 Å². The predicted molar refractivity (Wildman–Crippen MR) is 65.1 cm³/mol. The van der Waals surface area contributed by atoms with Crippen molar-refractivity contribution in [2.24, 2.45) is 5.73 Å². The highest BCUT2D eigenvalue weighted by Gasteiger charge is 2.28. The van der Waals surface area contributed by atoms with Gasteiger partial charge in [0.05, 0.1) is 5.66 Å². The number of hydrogen-bond donors (Lipinski definition) is 2. The predicted octanol–water partition coefficient (Wildman–Crippen LogP) is 0.871. The average molecular weight is 225 g/mol. The van der Waals surface area contributed by atoms with E-state index in [2.05, 4.69) is 34.0 Å². The lowest BCUT2D eigenvalue weighted by molar-refractivity contribution is 0.0933. The molecule has 84 valence electrons. The van der Waals surface area contributed by atoms with E-state index in [4.69, 9.17) is 5.73 Å². The van der Waals surface area contributed by atoms with Gasteiger partial charge < -0.3 is 11.1 Å². The number of piperazine rings is 1. The summed E-state index contributed by atoms with van der Waals surface area (Å²) < 4.78 is 0. The molecule has 1 aliphatic rings. The molecule has 0 aliphatic carbocycles. The fourth-order valence-corrected chi connectivity index (χ4v) is 2.76. The molecular weight excluding hydrogens is 206 g/mol. The second-order valence-corrected chi connectivity index (χ2v) is 5.18. The van der Waals surface area contributed by atoms with Crippen molar-refractivity contribution in [1.82, 2.24) is 10.2 Å². The molecule has 1 aliphatic heterocycles. The van der Waals surface area contributed by atoms with Gasteiger partial charge in [-0.1, -0.05) is 0 Å². The van der Waals surface area contributed by atoms with Gasteiger partial charge in [0.2, 0.25) is 0 Å². The van der Waals surface area contributed by atoms with Crippen molar-refractivity contribution in [2.45, 2.75) is 19.0 Å². The molecule has 15 heavy (non-hydrogen) atoms. The van der Waals surface area contributed by atoms with E-state index >= 15 is 0 Å². The minimum atomic E-state index is -0.205. The smallest absolute Gasteiger partial charge is 0.0700 e. The summed E-state index contributed by atoms with van der Waals surface area (Å²) in [6, 6.07) is 2.16. The molecule has 3 N–H and O–H groups in total. The number of nitrogens with zero attached hydrogens (tertiary/aromatic N) is 1. The van der Waals surface area contributed by atoms with Crippen LogP contribution in [0.4, 0.5) is 0 Å². The maximum Gasteiger partial charge on any atom is 0.0700 e. The second-order valence-electron chi connectivity index (χ2n) is 4.40. The monoisotopic (exact) mass is 225 g/mol. The Morgan fingerprint density at radius 3 is 2.87 bits per heavy atom. The average Bonchev–Trinajstić information content (AvgIpc) is 2.71. The molecule has 0 bridgehead atoms. The zero-order valence-electron chi connectivity index (χ0n) is 9.20. The van der Waals surface area contributed by atoms with Gasteiger partial charge in [0.1, 0.15) is 0 Å². The molecule has 1 aromatic rings. The molecular formula is C11H19N3S. The van der Waals surface area contributed by atoms with Crippen LogP contribution >= 0.6 is 11.3 Å². The lowest BCUT2D eigenvalue weighted by atomic mass is 10.0. The number of nitrogens with one attached hydrogen (secondary N) is 1. The first-order valence-corrected chi connectivity index (χ1v) is 6.38. The van der Waals surface area contributed by atoms with Crippen LogP contribution in [0.1, 0.15) is 12.5 Å². The lowest BCUT2D eigenvalue weighted by Gasteiger charge is -2.40. The molecule has 3 nitrogen and oxygen atoms in total. The molecule has 1 saturated heterocycles. The van der Waals surface area contributed by atoms with Crippen molar-refractivity contribution in [2.75, 3.05) is 26.2 Å². The Morgan fingerprint density at radius 1 is 1.53 bits per heavy atom. The third-order valence-electron chi connectivity index (χ3n) is 2.98. The summed E-state index contributed by atoms with van der Waals surface area (Å²) in [7, 11) is 0. The number of thiophene rings is 1. The Kier molecular flexibility index (Phi) is 3.41. The zero-order valence-corrected chi connectivity index (χ0v) is 10.0. The van der Waals surface area contributed by atoms with Gasteiger partial charge in [-0.3, -0.25) is 4.90 Å². The molecule has 0 saturated carbocycles. The maximum absolute atomic E-state index is 6.39. The van der Waals surface area contributed by atoms with Gasteiger partial charge in [-0.05, 0) is 29.3 Å². The van der Waals surface area contributed by atoms with Crippen LogP contribution in [-0.4, -0.2) is 36.7 Å². The van der Waals surface area contributed by atoms with Crippen LogP contribution in [0, 0.1) is 0 Å². The van der Waals surface area contributed by atoms with Crippen molar-refractivity contribution in [3.8, 4) is 0 Å². The summed E-state index contributed by atoms with van der Waals surface area (Å²) in [6.45, 7) is 6.34. The quantitative estimate of drug-likeness (QED) is 0.802. The summed E-state index contributed by atoms with van der Waals surface area (Å²) in [4.78, 5) is 2.38. The van der Waals surface area contributed by atoms with Crippen molar-refractivity contribution in [3.05, 3.63) is 22.4 Å². The molecule has 0 aromatic carbocycles. The van der Waals surface area contributed by atoms with Crippen LogP contribution in [0.3, 0.4) is 0 Å². The summed E-state index contributed by atoms with van der Waals surface area (Å²) >= 11 is 1.74. The first-order valence-electron chi connectivity index (χ1n) is 5.44. The molecule has 4 heteroatoms. The molecule has 1 unspecified atom stereocenters. The van der Waals surface area contributed by atoms with E-state index in [-0.39, 0.29) is 5.66 Å². The molecule has 2 rings (SSSR count). The highest BCUT2D eigenvalue weighted by Crippen LogP contribution is 2.17. The highest BCUT2D eigenvalue weighted by molar-refractivity contribution is 7.07. The minimum Gasteiger partial charge on any atom is -0.314 e. The van der Waals surface area contributed by atoms with Gasteiger partial charge >= 0.3 is 0 Å². The van der Waals surface area contributed by atoms with E-state index in [0.29, 0.717) is 0 Å². The van der Waals surface area contributed by atoms with Crippen LogP contribution in [0.25, 0.3) is 0 Å². The molecule has 1 atom stereocenters. The third kappa shape index (κ3) is 2.78. The molecule has 1 aromatic heterocycles. The Morgan fingerprint density at radius 2 is 2.27 bits per heavy atom. The standard InChI is InChI=1S/C11H19N3S/c1-11(12,8-10-2-7-15-9-10)14-5-3-13-4-6-14/h2,7,9,13H,3-6,8,12H2,1H3. The van der Waals surface area contributed by atoms with Crippen molar-refractivity contribution < 1.29 is 0 Å². The fourth-order valence-electron chi connectivity index (χ4n) is 2.09. The largest absolute Gasteiger partial charge is 0.314 e.